The Morgan fingerprint density at radius 1 is 1.14 bits per heavy atom. The third-order valence-corrected chi connectivity index (χ3v) is 3.79. The number of hydrogen-bond donors (Lipinski definition) is 1. The van der Waals surface area contributed by atoms with E-state index in [9.17, 15) is 0 Å². The van der Waals surface area contributed by atoms with Gasteiger partial charge in [0.25, 0.3) is 0 Å². The van der Waals surface area contributed by atoms with Crippen LogP contribution in [0, 0.1) is 5.41 Å². The standard InChI is InChI=1S/C11H28N2Si/c1-6-13(7-2)10-12-14-9-8-11(3,4)5/h12H,6-10,14H2,1-5H3. The maximum atomic E-state index is 3.62. The van der Waals surface area contributed by atoms with E-state index in [1.165, 1.54) is 12.5 Å². The molecular weight excluding hydrogens is 188 g/mol. The molecule has 0 aromatic rings. The van der Waals surface area contributed by atoms with Crippen molar-refractivity contribution in [3.05, 3.63) is 0 Å². The highest BCUT2D eigenvalue weighted by molar-refractivity contribution is 6.32. The first kappa shape index (κ1) is 14.1. The van der Waals surface area contributed by atoms with Gasteiger partial charge < -0.3 is 4.98 Å². The Hall–Kier alpha value is 0.137. The van der Waals surface area contributed by atoms with Gasteiger partial charge >= 0.3 is 0 Å². The number of nitrogens with one attached hydrogen (secondary N) is 1. The van der Waals surface area contributed by atoms with Crippen LogP contribution in [0.25, 0.3) is 0 Å². The Morgan fingerprint density at radius 2 is 1.71 bits per heavy atom. The van der Waals surface area contributed by atoms with Gasteiger partial charge in [-0.3, -0.25) is 4.90 Å². The molecule has 0 spiro atoms. The first-order valence-electron chi connectivity index (χ1n) is 5.92. The molecule has 2 nitrogen and oxygen atoms in total. The molecular formula is C11H28N2Si. The zero-order valence-corrected chi connectivity index (χ0v) is 12.1. The van der Waals surface area contributed by atoms with Crippen molar-refractivity contribution in [2.45, 2.75) is 47.1 Å². The molecule has 0 aliphatic rings. The molecule has 86 valence electrons. The first-order valence-corrected chi connectivity index (χ1v) is 7.63. The van der Waals surface area contributed by atoms with E-state index in [1.807, 2.05) is 0 Å². The molecule has 0 amide bonds. The van der Waals surface area contributed by atoms with Crippen molar-refractivity contribution in [1.82, 2.24) is 9.88 Å². The lowest BCUT2D eigenvalue weighted by Crippen LogP contribution is -2.36. The minimum atomic E-state index is -0.0216. The minimum Gasteiger partial charge on any atom is -0.331 e. The van der Waals surface area contributed by atoms with E-state index < -0.39 is 0 Å². The largest absolute Gasteiger partial charge is 0.331 e. The normalized spacial score (nSPS) is 13.3. The Bertz CT molecular complexity index is 128. The van der Waals surface area contributed by atoms with Crippen molar-refractivity contribution in [1.29, 1.82) is 0 Å². The summed E-state index contributed by atoms with van der Waals surface area (Å²) >= 11 is 0. The van der Waals surface area contributed by atoms with Crippen LogP contribution in [0.4, 0.5) is 0 Å². The van der Waals surface area contributed by atoms with Gasteiger partial charge in [0.05, 0.1) is 9.68 Å². The zero-order valence-electron chi connectivity index (χ0n) is 10.7. The van der Waals surface area contributed by atoms with Crippen molar-refractivity contribution in [3.8, 4) is 0 Å². The van der Waals surface area contributed by atoms with Crippen molar-refractivity contribution >= 4 is 9.68 Å². The quantitative estimate of drug-likeness (QED) is 0.397. The number of rotatable bonds is 7. The van der Waals surface area contributed by atoms with Gasteiger partial charge in [-0.1, -0.05) is 41.0 Å². The molecule has 0 bridgehead atoms. The Morgan fingerprint density at radius 3 is 2.14 bits per heavy atom. The second kappa shape index (κ2) is 7.43. The maximum Gasteiger partial charge on any atom is 0.0931 e. The van der Waals surface area contributed by atoms with E-state index in [0.29, 0.717) is 5.41 Å². The zero-order chi connectivity index (χ0) is 11.0. The van der Waals surface area contributed by atoms with Crippen LogP contribution in [-0.4, -0.2) is 34.3 Å². The smallest absolute Gasteiger partial charge is 0.0931 e. The first-order chi connectivity index (χ1) is 6.49. The highest BCUT2D eigenvalue weighted by Gasteiger charge is 2.08. The molecule has 0 unspecified atom stereocenters. The fourth-order valence-corrected chi connectivity index (χ4v) is 3.39. The van der Waals surface area contributed by atoms with Gasteiger partial charge in [0, 0.05) is 6.67 Å². The van der Waals surface area contributed by atoms with Gasteiger partial charge in [0.15, 0.2) is 0 Å². The van der Waals surface area contributed by atoms with Crippen molar-refractivity contribution < 1.29 is 0 Å². The Kier molecular flexibility index (Phi) is 7.50. The summed E-state index contributed by atoms with van der Waals surface area (Å²) in [5.41, 5.74) is 0.518. The summed E-state index contributed by atoms with van der Waals surface area (Å²) in [6, 6.07) is 1.42. The van der Waals surface area contributed by atoms with Crippen LogP contribution in [0.5, 0.6) is 0 Å². The van der Waals surface area contributed by atoms with Crippen molar-refractivity contribution in [3.63, 3.8) is 0 Å². The number of hydrogen-bond acceptors (Lipinski definition) is 2. The molecule has 0 fully saturated rings. The molecule has 0 aliphatic carbocycles. The van der Waals surface area contributed by atoms with Crippen molar-refractivity contribution in [2.24, 2.45) is 5.41 Å². The summed E-state index contributed by atoms with van der Waals surface area (Å²) in [6.45, 7) is 14.9. The molecule has 0 saturated heterocycles. The lowest BCUT2D eigenvalue weighted by Gasteiger charge is -2.20. The SMILES string of the molecule is CCN(CC)CN[SiH2]CCC(C)(C)C. The topological polar surface area (TPSA) is 15.3 Å². The van der Waals surface area contributed by atoms with Crippen LogP contribution >= 0.6 is 0 Å². The Labute approximate surface area is 92.4 Å². The Balaban J connectivity index is 3.29. The van der Waals surface area contributed by atoms with Crippen LogP contribution in [0.15, 0.2) is 0 Å². The van der Waals surface area contributed by atoms with Gasteiger partial charge in [-0.05, 0) is 24.5 Å². The van der Waals surface area contributed by atoms with Gasteiger partial charge in [0.1, 0.15) is 0 Å². The molecule has 14 heavy (non-hydrogen) atoms. The fourth-order valence-electron chi connectivity index (χ4n) is 1.43. The van der Waals surface area contributed by atoms with E-state index in [4.69, 9.17) is 0 Å². The van der Waals surface area contributed by atoms with E-state index in [-0.39, 0.29) is 9.68 Å². The summed E-state index contributed by atoms with van der Waals surface area (Å²) in [7, 11) is -0.0216. The monoisotopic (exact) mass is 216 g/mol. The predicted molar refractivity (Wildman–Crippen MR) is 68.3 cm³/mol. The second-order valence-electron chi connectivity index (χ2n) is 5.13. The highest BCUT2D eigenvalue weighted by atomic mass is 28.2. The third kappa shape index (κ3) is 8.72. The molecule has 0 heterocycles. The van der Waals surface area contributed by atoms with E-state index in [1.54, 1.807) is 0 Å². The third-order valence-electron chi connectivity index (χ3n) is 2.51. The van der Waals surface area contributed by atoms with E-state index in [2.05, 4.69) is 44.5 Å². The molecule has 0 radical (unpaired) electrons. The summed E-state index contributed by atoms with van der Waals surface area (Å²) in [4.78, 5) is 6.06. The molecule has 0 aromatic carbocycles. The summed E-state index contributed by atoms with van der Waals surface area (Å²) in [6.07, 6.45) is 1.37. The highest BCUT2D eigenvalue weighted by Crippen LogP contribution is 2.19. The second-order valence-corrected chi connectivity index (χ2v) is 6.83. The summed E-state index contributed by atoms with van der Waals surface area (Å²) in [5.74, 6) is 0. The van der Waals surface area contributed by atoms with Crippen LogP contribution in [0.1, 0.15) is 41.0 Å². The lowest BCUT2D eigenvalue weighted by molar-refractivity contribution is 0.300. The van der Waals surface area contributed by atoms with E-state index in [0.717, 1.165) is 19.8 Å². The maximum absolute atomic E-state index is 3.62. The predicted octanol–water partition coefficient (Wildman–Crippen LogP) is 1.81. The molecule has 0 atom stereocenters. The van der Waals surface area contributed by atoms with Gasteiger partial charge in [-0.25, -0.2) is 0 Å². The van der Waals surface area contributed by atoms with E-state index >= 15 is 0 Å². The molecule has 0 saturated carbocycles. The molecule has 3 heteroatoms. The van der Waals surface area contributed by atoms with Crippen LogP contribution in [0.2, 0.25) is 6.04 Å². The van der Waals surface area contributed by atoms with Crippen LogP contribution in [-0.2, 0) is 0 Å². The van der Waals surface area contributed by atoms with Gasteiger partial charge in [0.2, 0.25) is 0 Å². The van der Waals surface area contributed by atoms with Crippen LogP contribution in [0.3, 0.4) is 0 Å². The average molecular weight is 216 g/mol. The average Bonchev–Trinajstić information content (AvgIpc) is 2.09. The fraction of sp³-hybridized carbons (Fsp3) is 1.00. The summed E-state index contributed by atoms with van der Waals surface area (Å²) in [5, 5.41) is 0. The molecule has 0 rings (SSSR count). The van der Waals surface area contributed by atoms with Crippen molar-refractivity contribution in [2.75, 3.05) is 19.8 Å². The summed E-state index contributed by atoms with van der Waals surface area (Å²) < 4.78 is 0. The van der Waals surface area contributed by atoms with Crippen LogP contribution < -0.4 is 4.98 Å². The lowest BCUT2D eigenvalue weighted by atomic mass is 9.94. The minimum absolute atomic E-state index is 0.0216. The van der Waals surface area contributed by atoms with Gasteiger partial charge in [-0.2, -0.15) is 0 Å². The number of nitrogens with zero attached hydrogens (tertiary/aromatic N) is 1. The van der Waals surface area contributed by atoms with Gasteiger partial charge in [-0.15, -0.1) is 0 Å². The molecule has 1 N–H and O–H groups in total. The molecule has 0 aliphatic heterocycles. The molecule has 0 aromatic heterocycles.